The van der Waals surface area contributed by atoms with Crippen LogP contribution in [0.1, 0.15) is 42.5 Å². The van der Waals surface area contributed by atoms with Gasteiger partial charge in [0.05, 0.1) is 18.2 Å². The molecule has 0 radical (unpaired) electrons. The van der Waals surface area contributed by atoms with Gasteiger partial charge in [-0.3, -0.25) is 9.48 Å². The summed E-state index contributed by atoms with van der Waals surface area (Å²) in [5.74, 6) is 0.943. The molecule has 1 aliphatic carbocycles. The van der Waals surface area contributed by atoms with Crippen LogP contribution in [0.25, 0.3) is 0 Å². The molecule has 126 valence electrons. The number of carbonyl (C=O) groups is 1. The summed E-state index contributed by atoms with van der Waals surface area (Å²) in [5, 5.41) is 7.63. The van der Waals surface area contributed by atoms with Crippen molar-refractivity contribution in [3.8, 4) is 0 Å². The Balaban J connectivity index is 1.46. The molecule has 0 aromatic carbocycles. The van der Waals surface area contributed by atoms with Crippen LogP contribution in [-0.4, -0.2) is 44.2 Å². The first-order valence-electron chi connectivity index (χ1n) is 8.80. The highest BCUT2D eigenvalue weighted by Crippen LogP contribution is 2.24. The lowest BCUT2D eigenvalue weighted by molar-refractivity contribution is 0.0583. The molecule has 0 spiro atoms. The van der Waals surface area contributed by atoms with Crippen molar-refractivity contribution in [1.82, 2.24) is 19.7 Å². The van der Waals surface area contributed by atoms with E-state index >= 15 is 0 Å². The maximum atomic E-state index is 12.9. The lowest BCUT2D eigenvalue weighted by atomic mass is 10.0. The van der Waals surface area contributed by atoms with Gasteiger partial charge >= 0.3 is 0 Å². The number of carbonyl (C=O) groups excluding carboxylic acids is 1. The van der Waals surface area contributed by atoms with Gasteiger partial charge in [-0.15, -0.1) is 0 Å². The van der Waals surface area contributed by atoms with Gasteiger partial charge in [0.1, 0.15) is 5.82 Å². The second-order valence-corrected chi connectivity index (χ2v) is 6.73. The molecule has 2 fully saturated rings. The lowest BCUT2D eigenvalue weighted by Gasteiger charge is -2.35. The van der Waals surface area contributed by atoms with Crippen molar-refractivity contribution in [2.75, 3.05) is 11.9 Å². The topological polar surface area (TPSA) is 63.1 Å². The summed E-state index contributed by atoms with van der Waals surface area (Å²) < 4.78 is 1.91. The van der Waals surface area contributed by atoms with Crippen LogP contribution in [0.2, 0.25) is 0 Å². The van der Waals surface area contributed by atoms with Crippen molar-refractivity contribution >= 4 is 11.7 Å². The molecule has 2 aromatic rings. The zero-order valence-corrected chi connectivity index (χ0v) is 13.8. The first-order chi connectivity index (χ1) is 11.8. The molecule has 0 unspecified atom stereocenters. The number of anilines is 1. The molecular formula is C18H23N5O. The van der Waals surface area contributed by atoms with Gasteiger partial charge in [-0.25, -0.2) is 4.98 Å². The third-order valence-corrected chi connectivity index (χ3v) is 4.78. The molecule has 0 bridgehead atoms. The molecular weight excluding hydrogens is 302 g/mol. The molecule has 3 heterocycles. The molecule has 1 amide bonds. The highest BCUT2D eigenvalue weighted by atomic mass is 16.2. The van der Waals surface area contributed by atoms with Crippen LogP contribution in [0.4, 0.5) is 5.82 Å². The molecule has 1 N–H and O–H groups in total. The van der Waals surface area contributed by atoms with Gasteiger partial charge in [-0.2, -0.15) is 5.10 Å². The highest BCUT2D eigenvalue weighted by Gasteiger charge is 2.28. The number of likely N-dealkylation sites (tertiary alicyclic amines) is 1. The number of piperidine rings is 1. The molecule has 6 nitrogen and oxygen atoms in total. The number of nitrogens with zero attached hydrogens (tertiary/aromatic N) is 4. The second-order valence-electron chi connectivity index (χ2n) is 6.73. The van der Waals surface area contributed by atoms with Gasteiger partial charge in [-0.1, -0.05) is 0 Å². The number of pyridine rings is 1. The lowest BCUT2D eigenvalue weighted by Crippen LogP contribution is -2.46. The molecule has 24 heavy (non-hydrogen) atoms. The first-order valence-corrected chi connectivity index (χ1v) is 8.80. The van der Waals surface area contributed by atoms with Gasteiger partial charge in [0, 0.05) is 31.2 Å². The van der Waals surface area contributed by atoms with Crippen molar-refractivity contribution in [3.05, 3.63) is 42.4 Å². The SMILES string of the molecule is O=C(c1ccc(NC2CC2)nc1)N1CCCC[C@H]1Cn1cccn1. The average molecular weight is 325 g/mol. The largest absolute Gasteiger partial charge is 0.367 e. The van der Waals surface area contributed by atoms with Gasteiger partial charge in [0.25, 0.3) is 5.91 Å². The molecule has 6 heteroatoms. The van der Waals surface area contributed by atoms with Crippen molar-refractivity contribution in [2.24, 2.45) is 0 Å². The van der Waals surface area contributed by atoms with E-state index in [4.69, 9.17) is 0 Å². The zero-order chi connectivity index (χ0) is 16.4. The van der Waals surface area contributed by atoms with Crippen molar-refractivity contribution < 1.29 is 4.79 Å². The Morgan fingerprint density at radius 3 is 2.88 bits per heavy atom. The Kier molecular flexibility index (Phi) is 4.19. The number of amides is 1. The minimum atomic E-state index is 0.0809. The summed E-state index contributed by atoms with van der Waals surface area (Å²) in [6, 6.07) is 6.50. The van der Waals surface area contributed by atoms with Crippen LogP contribution < -0.4 is 5.32 Å². The molecule has 1 aliphatic heterocycles. The number of hydrogen-bond donors (Lipinski definition) is 1. The predicted molar refractivity (Wildman–Crippen MR) is 91.8 cm³/mol. The fourth-order valence-corrected chi connectivity index (χ4v) is 3.29. The number of aromatic nitrogens is 3. The summed E-state index contributed by atoms with van der Waals surface area (Å²) >= 11 is 0. The molecule has 2 aromatic heterocycles. The fourth-order valence-electron chi connectivity index (χ4n) is 3.29. The maximum absolute atomic E-state index is 12.9. The smallest absolute Gasteiger partial charge is 0.255 e. The number of hydrogen-bond acceptors (Lipinski definition) is 4. The monoisotopic (exact) mass is 325 g/mol. The van der Waals surface area contributed by atoms with Crippen molar-refractivity contribution in [1.29, 1.82) is 0 Å². The Bertz CT molecular complexity index is 678. The van der Waals surface area contributed by atoms with E-state index in [9.17, 15) is 4.79 Å². The third kappa shape index (κ3) is 3.42. The quantitative estimate of drug-likeness (QED) is 0.917. The van der Waals surface area contributed by atoms with Gasteiger partial charge in [-0.05, 0) is 50.3 Å². The van der Waals surface area contributed by atoms with Crippen LogP contribution in [-0.2, 0) is 6.54 Å². The third-order valence-electron chi connectivity index (χ3n) is 4.78. The zero-order valence-electron chi connectivity index (χ0n) is 13.8. The summed E-state index contributed by atoms with van der Waals surface area (Å²) in [7, 11) is 0. The van der Waals surface area contributed by atoms with Crippen molar-refractivity contribution in [2.45, 2.75) is 50.7 Å². The summed E-state index contributed by atoms with van der Waals surface area (Å²) in [4.78, 5) is 19.3. The minimum absolute atomic E-state index is 0.0809. The molecule has 2 aliphatic rings. The molecule has 1 saturated heterocycles. The Morgan fingerprint density at radius 1 is 1.25 bits per heavy atom. The van der Waals surface area contributed by atoms with Gasteiger partial charge in [0.15, 0.2) is 0 Å². The standard InChI is InChI=1S/C18H23N5O/c24-18(14-5-8-17(19-12-14)21-15-6-7-15)23-11-2-1-4-16(23)13-22-10-3-9-20-22/h3,5,8-10,12,15-16H,1-2,4,6-7,11,13H2,(H,19,21)/t16-/m0/s1. The summed E-state index contributed by atoms with van der Waals surface area (Å²) in [5.41, 5.74) is 0.670. The Labute approximate surface area is 141 Å². The van der Waals surface area contributed by atoms with Gasteiger partial charge < -0.3 is 10.2 Å². The van der Waals surface area contributed by atoms with Gasteiger partial charge in [0.2, 0.25) is 0 Å². The van der Waals surface area contributed by atoms with E-state index in [0.29, 0.717) is 11.6 Å². The van der Waals surface area contributed by atoms with E-state index in [2.05, 4.69) is 15.4 Å². The van der Waals surface area contributed by atoms with Crippen LogP contribution in [0, 0.1) is 0 Å². The normalized spacial score (nSPS) is 20.8. The van der Waals surface area contributed by atoms with E-state index in [-0.39, 0.29) is 11.9 Å². The molecule has 1 atom stereocenters. The summed E-state index contributed by atoms with van der Waals surface area (Å²) in [6.45, 7) is 1.57. The second kappa shape index (κ2) is 6.63. The Morgan fingerprint density at radius 2 is 2.17 bits per heavy atom. The van der Waals surface area contributed by atoms with E-state index in [0.717, 1.165) is 38.2 Å². The molecule has 4 rings (SSSR count). The first kappa shape index (κ1) is 15.2. The van der Waals surface area contributed by atoms with E-state index in [1.165, 1.54) is 12.8 Å². The van der Waals surface area contributed by atoms with E-state index < -0.39 is 0 Å². The summed E-state index contributed by atoms with van der Waals surface area (Å²) in [6.07, 6.45) is 11.1. The predicted octanol–water partition coefficient (Wildman–Crippen LogP) is 2.55. The van der Waals surface area contributed by atoms with Crippen LogP contribution in [0.3, 0.4) is 0 Å². The molecule has 1 saturated carbocycles. The van der Waals surface area contributed by atoms with E-state index in [1.54, 1.807) is 12.4 Å². The maximum Gasteiger partial charge on any atom is 0.255 e. The van der Waals surface area contributed by atoms with Crippen LogP contribution in [0.5, 0.6) is 0 Å². The average Bonchev–Trinajstić information content (AvgIpc) is 3.28. The van der Waals surface area contributed by atoms with E-state index in [1.807, 2.05) is 34.0 Å². The van der Waals surface area contributed by atoms with Crippen LogP contribution >= 0.6 is 0 Å². The minimum Gasteiger partial charge on any atom is -0.367 e. The van der Waals surface area contributed by atoms with Crippen molar-refractivity contribution in [3.63, 3.8) is 0 Å². The number of rotatable bonds is 5. The Hall–Kier alpha value is -2.37. The highest BCUT2D eigenvalue weighted by molar-refractivity contribution is 5.94. The van der Waals surface area contributed by atoms with Crippen LogP contribution in [0.15, 0.2) is 36.8 Å². The number of nitrogens with one attached hydrogen (secondary N) is 1. The fraction of sp³-hybridized carbons (Fsp3) is 0.500.